The van der Waals surface area contributed by atoms with Crippen LogP contribution in [0.4, 0.5) is 0 Å². The van der Waals surface area contributed by atoms with Crippen molar-refractivity contribution in [1.29, 1.82) is 0 Å². The Balaban J connectivity index is 1.48. The van der Waals surface area contributed by atoms with E-state index < -0.39 is 17.7 Å². The molecule has 3 heterocycles. The fourth-order valence-electron chi connectivity index (χ4n) is 5.17. The van der Waals surface area contributed by atoms with E-state index in [4.69, 9.17) is 9.47 Å². The first-order valence-corrected chi connectivity index (χ1v) is 12.1. The maximum Gasteiger partial charge on any atom is 0.295 e. The molecule has 0 aliphatic carbocycles. The topological polar surface area (TPSA) is 99.5 Å². The van der Waals surface area contributed by atoms with Gasteiger partial charge in [-0.05, 0) is 54.8 Å². The molecule has 0 bridgehead atoms. The van der Waals surface area contributed by atoms with Gasteiger partial charge in [0.25, 0.3) is 11.7 Å². The lowest BCUT2D eigenvalue weighted by atomic mass is 9.94. The molecule has 2 aromatic rings. The number of phenolic OH excluding ortho intramolecular Hbond substituents is 1. The smallest absolute Gasteiger partial charge is 0.295 e. The molecule has 0 unspecified atom stereocenters. The highest BCUT2D eigenvalue weighted by Crippen LogP contribution is 2.41. The van der Waals surface area contributed by atoms with Gasteiger partial charge in [-0.2, -0.15) is 0 Å². The average Bonchev–Trinajstić information content (AvgIpc) is 3.35. The van der Waals surface area contributed by atoms with Crippen LogP contribution in [-0.2, 0) is 20.7 Å². The Labute approximate surface area is 204 Å². The lowest BCUT2D eigenvalue weighted by Crippen LogP contribution is -2.38. The van der Waals surface area contributed by atoms with Gasteiger partial charge < -0.3 is 24.6 Å². The number of hydrogen-bond donors (Lipinski definition) is 2. The third-order valence-electron chi connectivity index (χ3n) is 6.87. The number of carbonyl (C=O) groups is 2. The van der Waals surface area contributed by atoms with E-state index in [1.807, 2.05) is 13.0 Å². The van der Waals surface area contributed by atoms with E-state index in [2.05, 4.69) is 4.90 Å². The molecule has 8 heteroatoms. The van der Waals surface area contributed by atoms with Gasteiger partial charge in [0.05, 0.1) is 24.8 Å². The first-order valence-electron chi connectivity index (χ1n) is 12.1. The van der Waals surface area contributed by atoms with Crippen molar-refractivity contribution in [3.05, 3.63) is 64.7 Å². The monoisotopic (exact) mass is 478 g/mol. The maximum absolute atomic E-state index is 13.2. The molecular weight excluding hydrogens is 448 g/mol. The summed E-state index contributed by atoms with van der Waals surface area (Å²) in [5.41, 5.74) is 2.04. The summed E-state index contributed by atoms with van der Waals surface area (Å²) in [6.45, 7) is 6.18. The van der Waals surface area contributed by atoms with Crippen LogP contribution in [0.15, 0.2) is 48.0 Å². The van der Waals surface area contributed by atoms with Gasteiger partial charge in [0, 0.05) is 38.2 Å². The largest absolute Gasteiger partial charge is 0.508 e. The number of phenols is 1. The van der Waals surface area contributed by atoms with Crippen LogP contribution in [0.5, 0.6) is 11.5 Å². The number of rotatable bonds is 6. The van der Waals surface area contributed by atoms with Crippen LogP contribution < -0.4 is 4.74 Å². The second-order valence-electron chi connectivity index (χ2n) is 9.35. The third-order valence-corrected chi connectivity index (χ3v) is 6.87. The average molecular weight is 479 g/mol. The number of hydrogen-bond acceptors (Lipinski definition) is 7. The lowest BCUT2D eigenvalue weighted by Gasteiger charge is -2.29. The molecule has 0 spiro atoms. The molecule has 2 saturated heterocycles. The molecule has 0 radical (unpaired) electrons. The van der Waals surface area contributed by atoms with Crippen molar-refractivity contribution in [2.45, 2.75) is 31.9 Å². The zero-order valence-electron chi connectivity index (χ0n) is 19.8. The fraction of sp³-hybridized carbons (Fsp3) is 0.407. The number of benzene rings is 2. The Morgan fingerprint density at radius 3 is 2.66 bits per heavy atom. The van der Waals surface area contributed by atoms with Crippen molar-refractivity contribution in [3.63, 3.8) is 0 Å². The van der Waals surface area contributed by atoms with E-state index in [0.29, 0.717) is 43.7 Å². The van der Waals surface area contributed by atoms with Gasteiger partial charge in [-0.15, -0.1) is 0 Å². The Morgan fingerprint density at radius 2 is 1.89 bits per heavy atom. The molecule has 2 atom stereocenters. The van der Waals surface area contributed by atoms with Gasteiger partial charge in [-0.25, -0.2) is 0 Å². The van der Waals surface area contributed by atoms with Crippen molar-refractivity contribution >= 4 is 17.4 Å². The number of aliphatic hydroxyl groups excluding tert-OH is 1. The molecule has 3 aliphatic heterocycles. The second-order valence-corrected chi connectivity index (χ2v) is 9.35. The van der Waals surface area contributed by atoms with Gasteiger partial charge in [0.15, 0.2) is 0 Å². The highest BCUT2D eigenvalue weighted by Gasteiger charge is 2.46. The van der Waals surface area contributed by atoms with Crippen LogP contribution in [0.1, 0.15) is 36.1 Å². The summed E-state index contributed by atoms with van der Waals surface area (Å²) in [6.07, 6.45) is 1.44. The Morgan fingerprint density at radius 1 is 1.09 bits per heavy atom. The molecule has 0 aromatic heterocycles. The van der Waals surface area contributed by atoms with E-state index in [1.54, 1.807) is 24.3 Å². The van der Waals surface area contributed by atoms with Crippen molar-refractivity contribution < 1.29 is 29.3 Å². The number of fused-ring (bicyclic) bond motifs is 1. The highest BCUT2D eigenvalue weighted by atomic mass is 16.5. The van der Waals surface area contributed by atoms with Crippen molar-refractivity contribution in [1.82, 2.24) is 9.80 Å². The Kier molecular flexibility index (Phi) is 6.49. The molecule has 35 heavy (non-hydrogen) atoms. The van der Waals surface area contributed by atoms with Crippen LogP contribution in [0.2, 0.25) is 0 Å². The number of ether oxygens (including phenoxy) is 2. The van der Waals surface area contributed by atoms with Gasteiger partial charge in [-0.1, -0.05) is 12.1 Å². The molecule has 5 rings (SSSR count). The minimum atomic E-state index is -0.782. The summed E-state index contributed by atoms with van der Waals surface area (Å²) in [4.78, 5) is 30.2. The van der Waals surface area contributed by atoms with E-state index in [0.717, 1.165) is 30.9 Å². The minimum absolute atomic E-state index is 0.0325. The third kappa shape index (κ3) is 4.63. The molecule has 8 nitrogen and oxygen atoms in total. The van der Waals surface area contributed by atoms with Crippen LogP contribution in [0.3, 0.4) is 0 Å². The van der Waals surface area contributed by atoms with Crippen LogP contribution in [0, 0.1) is 0 Å². The molecule has 184 valence electrons. The number of morpholine rings is 1. The van der Waals surface area contributed by atoms with Crippen LogP contribution in [-0.4, -0.2) is 77.2 Å². The van der Waals surface area contributed by atoms with Crippen molar-refractivity contribution in [3.8, 4) is 11.5 Å². The molecule has 3 aliphatic rings. The molecule has 1 amide bonds. The van der Waals surface area contributed by atoms with Crippen LogP contribution >= 0.6 is 0 Å². The number of aromatic hydroxyl groups is 1. The predicted molar refractivity (Wildman–Crippen MR) is 129 cm³/mol. The molecular formula is C27H30N2O6. The number of Topliss-reactive ketones (excluding diaryl/α,β-unsaturated/α-hetero) is 1. The quantitative estimate of drug-likeness (QED) is 0.374. The molecule has 2 aromatic carbocycles. The Bertz CT molecular complexity index is 1170. The lowest BCUT2D eigenvalue weighted by molar-refractivity contribution is -0.140. The summed E-state index contributed by atoms with van der Waals surface area (Å²) in [7, 11) is 0. The highest BCUT2D eigenvalue weighted by molar-refractivity contribution is 6.46. The number of amides is 1. The van der Waals surface area contributed by atoms with Gasteiger partial charge >= 0.3 is 0 Å². The molecule has 2 N–H and O–H groups in total. The number of likely N-dealkylation sites (tertiary alicyclic amines) is 1. The zero-order valence-corrected chi connectivity index (χ0v) is 19.8. The van der Waals surface area contributed by atoms with E-state index in [-0.39, 0.29) is 23.2 Å². The number of nitrogens with zero attached hydrogens (tertiary/aromatic N) is 2. The van der Waals surface area contributed by atoms with Crippen LogP contribution in [0.25, 0.3) is 5.76 Å². The van der Waals surface area contributed by atoms with Gasteiger partial charge in [0.2, 0.25) is 0 Å². The standard InChI is InChI=1S/C27H30N2O6/c1-17-14-20-15-19(6-7-22(20)35-17)25(31)23-24(18-4-2-5-21(30)16-18)29(27(33)26(23)32)9-3-8-28-10-12-34-13-11-28/h2,4-7,15-17,24,30-31H,3,8-14H2,1H3/t17-,24-/m1/s1. The minimum Gasteiger partial charge on any atom is -0.508 e. The number of ketones is 1. The Hall–Kier alpha value is -3.36. The first-order chi connectivity index (χ1) is 16.9. The number of aliphatic hydroxyl groups is 1. The SMILES string of the molecule is C[C@@H]1Cc2cc(C(O)=C3C(=O)C(=O)N(CCCN4CCOCC4)[C@@H]3c3cccc(O)c3)ccc2O1. The summed E-state index contributed by atoms with van der Waals surface area (Å²) in [6, 6.07) is 11.0. The summed E-state index contributed by atoms with van der Waals surface area (Å²) in [5, 5.41) is 21.4. The van der Waals surface area contributed by atoms with Gasteiger partial charge in [0.1, 0.15) is 23.4 Å². The summed E-state index contributed by atoms with van der Waals surface area (Å²) in [5.74, 6) is -0.769. The van der Waals surface area contributed by atoms with Gasteiger partial charge in [-0.3, -0.25) is 14.5 Å². The summed E-state index contributed by atoms with van der Waals surface area (Å²) >= 11 is 0. The predicted octanol–water partition coefficient (Wildman–Crippen LogP) is 2.86. The molecule has 0 saturated carbocycles. The van der Waals surface area contributed by atoms with Crippen molar-refractivity contribution in [2.75, 3.05) is 39.4 Å². The van der Waals surface area contributed by atoms with E-state index in [1.165, 1.54) is 17.0 Å². The first kappa shape index (κ1) is 23.4. The zero-order chi connectivity index (χ0) is 24.5. The van der Waals surface area contributed by atoms with Crippen molar-refractivity contribution in [2.24, 2.45) is 0 Å². The fourth-order valence-corrected chi connectivity index (χ4v) is 5.17. The van der Waals surface area contributed by atoms with E-state index in [9.17, 15) is 19.8 Å². The normalized spacial score (nSPS) is 24.0. The maximum atomic E-state index is 13.2. The van der Waals surface area contributed by atoms with E-state index >= 15 is 0 Å². The molecule has 2 fully saturated rings. The number of carbonyl (C=O) groups excluding carboxylic acids is 2. The second kappa shape index (κ2) is 9.71. The summed E-state index contributed by atoms with van der Waals surface area (Å²) < 4.78 is 11.2.